The maximum absolute atomic E-state index is 10.4. The molecule has 0 fully saturated rings. The molecule has 48 valence electrons. The second-order valence-corrected chi connectivity index (χ2v) is 1.96. The van der Waals surface area contributed by atoms with Gasteiger partial charge >= 0.3 is 0 Å². The van der Waals surface area contributed by atoms with Gasteiger partial charge < -0.3 is 10.1 Å². The maximum atomic E-state index is 10.4. The second-order valence-electron chi connectivity index (χ2n) is 1.55. The molecule has 0 amide bonds. The van der Waals surface area contributed by atoms with Crippen LogP contribution in [-0.2, 0) is 0 Å². The molecule has 1 aromatic rings. The molecule has 0 spiro atoms. The fourth-order valence-electron chi connectivity index (χ4n) is 0.496. The predicted molar refractivity (Wildman–Crippen MR) is 33.7 cm³/mol. The lowest BCUT2D eigenvalue weighted by molar-refractivity contribution is 0.474. The normalized spacial score (nSPS) is 9.44. The van der Waals surface area contributed by atoms with Gasteiger partial charge in [0, 0.05) is 12.1 Å². The number of H-pyrrole nitrogens is 1. The van der Waals surface area contributed by atoms with E-state index in [-0.39, 0.29) is 10.9 Å². The number of pyridine rings is 1. The molecule has 0 saturated carbocycles. The summed E-state index contributed by atoms with van der Waals surface area (Å²) in [6.45, 7) is 0. The average molecular weight is 146 g/mol. The molecule has 0 atom stereocenters. The minimum absolute atomic E-state index is 0.122. The fourth-order valence-corrected chi connectivity index (χ4v) is 0.701. The van der Waals surface area contributed by atoms with Gasteiger partial charge in [-0.15, -0.1) is 0 Å². The number of rotatable bonds is 0. The first kappa shape index (κ1) is 6.16. The Kier molecular flexibility index (Phi) is 1.44. The Morgan fingerprint density at radius 3 is 2.67 bits per heavy atom. The Balaban J connectivity index is 3.33. The second kappa shape index (κ2) is 2.11. The zero-order valence-corrected chi connectivity index (χ0v) is 5.14. The van der Waals surface area contributed by atoms with Crippen LogP contribution in [0.3, 0.4) is 0 Å². The van der Waals surface area contributed by atoms with Gasteiger partial charge in [0.05, 0.1) is 0 Å². The van der Waals surface area contributed by atoms with Crippen molar-refractivity contribution in [1.82, 2.24) is 4.98 Å². The van der Waals surface area contributed by atoms with Gasteiger partial charge in [0.25, 0.3) is 5.56 Å². The van der Waals surface area contributed by atoms with E-state index >= 15 is 0 Å². The number of hydrogen-bond donors (Lipinski definition) is 2. The summed E-state index contributed by atoms with van der Waals surface area (Å²) in [4.78, 5) is 12.7. The van der Waals surface area contributed by atoms with Crippen LogP contribution in [0.1, 0.15) is 0 Å². The number of aromatic amines is 1. The molecular formula is C5H4ClNO2. The Morgan fingerprint density at radius 2 is 2.22 bits per heavy atom. The van der Waals surface area contributed by atoms with Gasteiger partial charge in [-0.1, -0.05) is 11.6 Å². The molecule has 0 radical (unpaired) electrons. The minimum Gasteiger partial charge on any atom is -0.508 e. The van der Waals surface area contributed by atoms with E-state index < -0.39 is 5.56 Å². The Hall–Kier alpha value is -0.960. The fraction of sp³-hybridized carbons (Fsp3) is 0. The van der Waals surface area contributed by atoms with Crippen LogP contribution in [0.4, 0.5) is 0 Å². The summed E-state index contributed by atoms with van der Waals surface area (Å²) < 4.78 is 0. The number of aromatic nitrogens is 1. The van der Waals surface area contributed by atoms with Crippen LogP contribution in [0.2, 0.25) is 5.15 Å². The molecule has 0 aliphatic heterocycles. The van der Waals surface area contributed by atoms with Crippen molar-refractivity contribution in [3.63, 3.8) is 0 Å². The lowest BCUT2D eigenvalue weighted by Gasteiger charge is -1.88. The van der Waals surface area contributed by atoms with Crippen molar-refractivity contribution in [2.45, 2.75) is 0 Å². The predicted octanol–water partition coefficient (Wildman–Crippen LogP) is 0.734. The van der Waals surface area contributed by atoms with Crippen molar-refractivity contribution in [3.8, 4) is 5.75 Å². The molecule has 4 heteroatoms. The lowest BCUT2D eigenvalue weighted by Crippen LogP contribution is -2.01. The third-order valence-electron chi connectivity index (χ3n) is 0.796. The van der Waals surface area contributed by atoms with Gasteiger partial charge in [0.15, 0.2) is 0 Å². The lowest BCUT2D eigenvalue weighted by atomic mass is 10.5. The van der Waals surface area contributed by atoms with Crippen molar-refractivity contribution in [1.29, 1.82) is 0 Å². The largest absolute Gasteiger partial charge is 0.508 e. The first-order valence-electron chi connectivity index (χ1n) is 2.27. The third-order valence-corrected chi connectivity index (χ3v) is 1.000. The first-order valence-corrected chi connectivity index (χ1v) is 2.65. The maximum Gasteiger partial charge on any atom is 0.252 e. The van der Waals surface area contributed by atoms with Crippen LogP contribution in [0, 0.1) is 0 Å². The molecular weight excluding hydrogens is 142 g/mol. The van der Waals surface area contributed by atoms with E-state index in [9.17, 15) is 4.79 Å². The first-order chi connectivity index (χ1) is 4.18. The van der Waals surface area contributed by atoms with Crippen LogP contribution in [-0.4, -0.2) is 10.1 Å². The smallest absolute Gasteiger partial charge is 0.252 e. The van der Waals surface area contributed by atoms with Crippen LogP contribution < -0.4 is 5.56 Å². The highest BCUT2D eigenvalue weighted by molar-refractivity contribution is 6.29. The van der Waals surface area contributed by atoms with E-state index in [0.29, 0.717) is 0 Å². The summed E-state index contributed by atoms with van der Waals surface area (Å²) in [6.07, 6.45) is 0. The van der Waals surface area contributed by atoms with E-state index in [0.717, 1.165) is 6.07 Å². The number of hydrogen-bond acceptors (Lipinski definition) is 2. The minimum atomic E-state index is -0.403. The summed E-state index contributed by atoms with van der Waals surface area (Å²) in [7, 11) is 0. The quantitative estimate of drug-likeness (QED) is 0.529. The number of aromatic hydroxyl groups is 1. The van der Waals surface area contributed by atoms with E-state index in [1.807, 2.05) is 0 Å². The average Bonchev–Trinajstić information content (AvgIpc) is 1.59. The van der Waals surface area contributed by atoms with E-state index in [2.05, 4.69) is 4.98 Å². The van der Waals surface area contributed by atoms with Crippen LogP contribution in [0.15, 0.2) is 16.9 Å². The monoisotopic (exact) mass is 145 g/mol. The number of nitrogens with one attached hydrogen (secondary N) is 1. The van der Waals surface area contributed by atoms with Gasteiger partial charge in [0.2, 0.25) is 0 Å². The molecule has 9 heavy (non-hydrogen) atoms. The van der Waals surface area contributed by atoms with Crippen LogP contribution >= 0.6 is 11.6 Å². The van der Waals surface area contributed by atoms with Gasteiger partial charge in [-0.25, -0.2) is 0 Å². The van der Waals surface area contributed by atoms with E-state index in [4.69, 9.17) is 16.7 Å². The summed E-state index contributed by atoms with van der Waals surface area (Å²) in [5.41, 5.74) is -0.403. The Morgan fingerprint density at radius 1 is 1.56 bits per heavy atom. The molecule has 0 aliphatic rings. The molecule has 0 aromatic carbocycles. The van der Waals surface area contributed by atoms with Crippen molar-refractivity contribution >= 4 is 11.6 Å². The highest BCUT2D eigenvalue weighted by Gasteiger charge is 1.91. The molecule has 0 aliphatic carbocycles. The molecule has 0 unspecified atom stereocenters. The molecule has 0 saturated heterocycles. The molecule has 1 heterocycles. The van der Waals surface area contributed by atoms with Crippen LogP contribution in [0.25, 0.3) is 0 Å². The van der Waals surface area contributed by atoms with Gasteiger partial charge in [0.1, 0.15) is 10.9 Å². The summed E-state index contributed by atoms with van der Waals surface area (Å²) in [5, 5.41) is 8.83. The van der Waals surface area contributed by atoms with E-state index in [1.54, 1.807) is 0 Å². The molecule has 3 nitrogen and oxygen atoms in total. The highest BCUT2D eigenvalue weighted by atomic mass is 35.5. The molecule has 1 rings (SSSR count). The van der Waals surface area contributed by atoms with Crippen molar-refractivity contribution in [2.75, 3.05) is 0 Å². The molecule has 2 N–H and O–H groups in total. The van der Waals surface area contributed by atoms with Gasteiger partial charge in [-0.3, -0.25) is 4.79 Å². The zero-order chi connectivity index (χ0) is 6.85. The van der Waals surface area contributed by atoms with Crippen molar-refractivity contribution in [3.05, 3.63) is 27.6 Å². The van der Waals surface area contributed by atoms with Gasteiger partial charge in [-0.2, -0.15) is 0 Å². The molecule has 1 aromatic heterocycles. The van der Waals surface area contributed by atoms with E-state index in [1.165, 1.54) is 6.07 Å². The van der Waals surface area contributed by atoms with Crippen molar-refractivity contribution < 1.29 is 5.11 Å². The topological polar surface area (TPSA) is 53.1 Å². The third kappa shape index (κ3) is 1.47. The number of halogens is 1. The summed E-state index contributed by atoms with van der Waals surface area (Å²) in [5.74, 6) is -0.122. The Bertz CT molecular complexity index is 245. The van der Waals surface area contributed by atoms with Gasteiger partial charge in [-0.05, 0) is 0 Å². The highest BCUT2D eigenvalue weighted by Crippen LogP contribution is 2.08. The SMILES string of the molecule is O=c1cc(O)cc(Cl)[nH]1. The Labute approximate surface area is 55.9 Å². The molecule has 0 bridgehead atoms. The zero-order valence-electron chi connectivity index (χ0n) is 4.39. The summed E-state index contributed by atoms with van der Waals surface area (Å²) >= 11 is 5.33. The summed E-state index contributed by atoms with van der Waals surface area (Å²) in [6, 6.07) is 2.30. The van der Waals surface area contributed by atoms with Crippen LogP contribution in [0.5, 0.6) is 5.75 Å². The standard InChI is InChI=1S/C5H4ClNO2/c6-4-1-3(8)2-5(9)7-4/h1-2H,(H2,7,8,9). The van der Waals surface area contributed by atoms with Crippen molar-refractivity contribution in [2.24, 2.45) is 0 Å².